The molecule has 0 atom stereocenters. The molecule has 1 saturated heterocycles. The van der Waals surface area contributed by atoms with Crippen molar-refractivity contribution in [3.8, 4) is 0 Å². The van der Waals surface area contributed by atoms with E-state index in [-0.39, 0.29) is 6.03 Å². The third-order valence-corrected chi connectivity index (χ3v) is 4.24. The summed E-state index contributed by atoms with van der Waals surface area (Å²) in [5.41, 5.74) is 3.82. The minimum absolute atomic E-state index is 0.0693. The van der Waals surface area contributed by atoms with Gasteiger partial charge in [-0.05, 0) is 55.4 Å². The molecule has 3 nitrogen and oxygen atoms in total. The molecular weight excluding hydrogens is 236 g/mol. The van der Waals surface area contributed by atoms with Crippen molar-refractivity contribution in [2.75, 3.05) is 18.4 Å². The minimum Gasteiger partial charge on any atom is -0.325 e. The Morgan fingerprint density at radius 1 is 0.947 bits per heavy atom. The Kier molecular flexibility index (Phi) is 3.72. The van der Waals surface area contributed by atoms with Crippen molar-refractivity contribution < 1.29 is 4.79 Å². The van der Waals surface area contributed by atoms with Crippen molar-refractivity contribution in [2.45, 2.75) is 44.9 Å². The second kappa shape index (κ2) is 5.64. The molecule has 1 N–H and O–H groups in total. The zero-order chi connectivity index (χ0) is 13.1. The maximum Gasteiger partial charge on any atom is 0.321 e. The predicted octanol–water partition coefficient (Wildman–Crippen LogP) is 3.58. The molecule has 102 valence electrons. The van der Waals surface area contributed by atoms with E-state index in [0.29, 0.717) is 0 Å². The van der Waals surface area contributed by atoms with Crippen LogP contribution in [-0.4, -0.2) is 24.0 Å². The van der Waals surface area contributed by atoms with E-state index >= 15 is 0 Å². The van der Waals surface area contributed by atoms with Crippen LogP contribution in [0, 0.1) is 0 Å². The van der Waals surface area contributed by atoms with Gasteiger partial charge in [-0.25, -0.2) is 4.79 Å². The molecule has 1 aliphatic heterocycles. The average Bonchev–Trinajstić information content (AvgIpc) is 2.71. The number of rotatable bonds is 1. The lowest BCUT2D eigenvalue weighted by molar-refractivity contribution is 0.214. The standard InChI is InChI=1S/C16H22N2O/c19-16(18-10-3-1-2-4-11-18)17-15-9-8-13-6-5-7-14(13)12-15/h8-9,12H,1-7,10-11H2,(H,17,19). The van der Waals surface area contributed by atoms with Crippen molar-refractivity contribution in [2.24, 2.45) is 0 Å². The molecule has 0 unspecified atom stereocenters. The van der Waals surface area contributed by atoms with Crippen molar-refractivity contribution in [3.05, 3.63) is 29.3 Å². The number of urea groups is 1. The van der Waals surface area contributed by atoms with Gasteiger partial charge in [-0.2, -0.15) is 0 Å². The Bertz CT molecular complexity index is 462. The Morgan fingerprint density at radius 2 is 1.68 bits per heavy atom. The lowest BCUT2D eigenvalue weighted by atomic mass is 10.1. The first-order valence-corrected chi connectivity index (χ1v) is 7.51. The largest absolute Gasteiger partial charge is 0.325 e. The molecular formula is C16H22N2O. The Morgan fingerprint density at radius 3 is 2.47 bits per heavy atom. The van der Waals surface area contributed by atoms with Crippen LogP contribution in [0.1, 0.15) is 43.2 Å². The Labute approximate surface area is 115 Å². The number of hydrogen-bond acceptors (Lipinski definition) is 1. The van der Waals surface area contributed by atoms with Gasteiger partial charge in [-0.3, -0.25) is 0 Å². The highest BCUT2D eigenvalue weighted by Crippen LogP contribution is 2.25. The highest BCUT2D eigenvalue weighted by atomic mass is 16.2. The zero-order valence-corrected chi connectivity index (χ0v) is 11.5. The number of nitrogens with one attached hydrogen (secondary N) is 1. The SMILES string of the molecule is O=C(Nc1ccc2c(c1)CCC2)N1CCCCCC1. The van der Waals surface area contributed by atoms with Crippen LogP contribution in [0.2, 0.25) is 0 Å². The van der Waals surface area contributed by atoms with Gasteiger partial charge < -0.3 is 10.2 Å². The molecule has 19 heavy (non-hydrogen) atoms. The molecule has 0 spiro atoms. The first-order valence-electron chi connectivity index (χ1n) is 7.51. The smallest absolute Gasteiger partial charge is 0.321 e. The van der Waals surface area contributed by atoms with E-state index in [9.17, 15) is 4.79 Å². The number of carbonyl (C=O) groups excluding carboxylic acids is 1. The van der Waals surface area contributed by atoms with Crippen LogP contribution in [0.3, 0.4) is 0 Å². The number of benzene rings is 1. The van der Waals surface area contributed by atoms with Crippen molar-refractivity contribution in [1.29, 1.82) is 0 Å². The predicted molar refractivity (Wildman–Crippen MR) is 77.5 cm³/mol. The van der Waals surface area contributed by atoms with E-state index in [2.05, 4.69) is 17.4 Å². The fourth-order valence-corrected chi connectivity index (χ4v) is 3.13. The minimum atomic E-state index is 0.0693. The summed E-state index contributed by atoms with van der Waals surface area (Å²) in [6.45, 7) is 1.80. The topological polar surface area (TPSA) is 32.3 Å². The molecule has 0 radical (unpaired) electrons. The quantitative estimate of drug-likeness (QED) is 0.820. The fraction of sp³-hybridized carbons (Fsp3) is 0.562. The number of anilines is 1. The van der Waals surface area contributed by atoms with Gasteiger partial charge >= 0.3 is 6.03 Å². The Balaban J connectivity index is 1.65. The van der Waals surface area contributed by atoms with Gasteiger partial charge in [0.1, 0.15) is 0 Å². The number of likely N-dealkylation sites (tertiary alicyclic amines) is 1. The van der Waals surface area contributed by atoms with E-state index in [0.717, 1.165) is 38.0 Å². The molecule has 3 rings (SSSR count). The molecule has 2 amide bonds. The number of hydrogen-bond donors (Lipinski definition) is 1. The number of amides is 2. The van der Waals surface area contributed by atoms with E-state index in [1.807, 2.05) is 11.0 Å². The second-order valence-electron chi connectivity index (χ2n) is 5.67. The van der Waals surface area contributed by atoms with E-state index in [1.54, 1.807) is 0 Å². The molecule has 0 bridgehead atoms. The summed E-state index contributed by atoms with van der Waals surface area (Å²) in [4.78, 5) is 14.2. The molecule has 0 aromatic heterocycles. The highest BCUT2D eigenvalue weighted by Gasteiger charge is 2.16. The van der Waals surface area contributed by atoms with Crippen LogP contribution in [0.5, 0.6) is 0 Å². The fourth-order valence-electron chi connectivity index (χ4n) is 3.13. The summed E-state index contributed by atoms with van der Waals surface area (Å²) in [6.07, 6.45) is 8.37. The molecule has 0 saturated carbocycles. The molecule has 1 aliphatic carbocycles. The van der Waals surface area contributed by atoms with Gasteiger partial charge in [0.05, 0.1) is 0 Å². The summed E-state index contributed by atoms with van der Waals surface area (Å²) in [5.74, 6) is 0. The monoisotopic (exact) mass is 258 g/mol. The highest BCUT2D eigenvalue weighted by molar-refractivity contribution is 5.89. The van der Waals surface area contributed by atoms with Crippen molar-refractivity contribution in [3.63, 3.8) is 0 Å². The number of nitrogens with zero attached hydrogens (tertiary/aromatic N) is 1. The van der Waals surface area contributed by atoms with Crippen LogP contribution in [-0.2, 0) is 12.8 Å². The lowest BCUT2D eigenvalue weighted by Crippen LogP contribution is -2.35. The van der Waals surface area contributed by atoms with Crippen LogP contribution in [0.15, 0.2) is 18.2 Å². The normalized spacial score (nSPS) is 18.8. The van der Waals surface area contributed by atoms with Crippen LogP contribution >= 0.6 is 0 Å². The summed E-state index contributed by atoms with van der Waals surface area (Å²) < 4.78 is 0. The average molecular weight is 258 g/mol. The van der Waals surface area contributed by atoms with E-state index in [1.165, 1.54) is 36.8 Å². The van der Waals surface area contributed by atoms with Gasteiger partial charge in [0.15, 0.2) is 0 Å². The van der Waals surface area contributed by atoms with Crippen LogP contribution in [0.4, 0.5) is 10.5 Å². The zero-order valence-electron chi connectivity index (χ0n) is 11.5. The maximum absolute atomic E-state index is 12.2. The third-order valence-electron chi connectivity index (χ3n) is 4.24. The molecule has 1 heterocycles. The number of aryl methyl sites for hydroxylation is 2. The number of carbonyl (C=O) groups is 1. The molecule has 2 aliphatic rings. The second-order valence-corrected chi connectivity index (χ2v) is 5.67. The summed E-state index contributed by atoms with van der Waals surface area (Å²) in [5, 5.41) is 3.06. The molecule has 3 heteroatoms. The Hall–Kier alpha value is -1.51. The first-order chi connectivity index (χ1) is 9.33. The molecule has 1 aromatic rings. The van der Waals surface area contributed by atoms with Crippen LogP contribution < -0.4 is 5.32 Å². The third kappa shape index (κ3) is 2.91. The lowest BCUT2D eigenvalue weighted by Gasteiger charge is -2.21. The first kappa shape index (κ1) is 12.5. The molecule has 1 fully saturated rings. The van der Waals surface area contributed by atoms with Crippen molar-refractivity contribution >= 4 is 11.7 Å². The van der Waals surface area contributed by atoms with Crippen molar-refractivity contribution in [1.82, 2.24) is 4.90 Å². The van der Waals surface area contributed by atoms with Gasteiger partial charge in [0, 0.05) is 18.8 Å². The molecule has 1 aromatic carbocycles. The van der Waals surface area contributed by atoms with Crippen LogP contribution in [0.25, 0.3) is 0 Å². The number of fused-ring (bicyclic) bond motifs is 1. The van der Waals surface area contributed by atoms with E-state index in [4.69, 9.17) is 0 Å². The van der Waals surface area contributed by atoms with Gasteiger partial charge in [-0.15, -0.1) is 0 Å². The summed E-state index contributed by atoms with van der Waals surface area (Å²) in [7, 11) is 0. The van der Waals surface area contributed by atoms with Gasteiger partial charge in [-0.1, -0.05) is 18.9 Å². The summed E-state index contributed by atoms with van der Waals surface area (Å²) >= 11 is 0. The van der Waals surface area contributed by atoms with Gasteiger partial charge in [0.25, 0.3) is 0 Å². The van der Waals surface area contributed by atoms with Gasteiger partial charge in [0.2, 0.25) is 0 Å². The summed E-state index contributed by atoms with van der Waals surface area (Å²) in [6, 6.07) is 6.43. The van der Waals surface area contributed by atoms with E-state index < -0.39 is 0 Å². The maximum atomic E-state index is 12.2.